The molecule has 0 spiro atoms. The quantitative estimate of drug-likeness (QED) is 0.428. The maximum Gasteiger partial charge on any atom is 0.256 e. The summed E-state index contributed by atoms with van der Waals surface area (Å²) in [6.07, 6.45) is 2.75. The van der Waals surface area contributed by atoms with Crippen LogP contribution in [0.4, 0.5) is 5.69 Å². The lowest BCUT2D eigenvalue weighted by atomic mass is 9.97. The van der Waals surface area contributed by atoms with Crippen molar-refractivity contribution in [2.24, 2.45) is 0 Å². The average Bonchev–Trinajstić information content (AvgIpc) is 3.52. The minimum absolute atomic E-state index is 0.0242. The number of methoxy groups -OCH3 is 1. The van der Waals surface area contributed by atoms with Crippen molar-refractivity contribution >= 4 is 22.6 Å². The van der Waals surface area contributed by atoms with Gasteiger partial charge >= 0.3 is 0 Å². The molecule has 0 aliphatic carbocycles. The van der Waals surface area contributed by atoms with Crippen LogP contribution in [0.1, 0.15) is 22.3 Å². The normalized spacial score (nSPS) is 15.8. The van der Waals surface area contributed by atoms with E-state index in [9.17, 15) is 4.79 Å². The molecule has 180 valence electrons. The number of anilines is 1. The van der Waals surface area contributed by atoms with Crippen molar-refractivity contribution in [2.75, 3.05) is 40.0 Å². The van der Waals surface area contributed by atoms with Crippen molar-refractivity contribution in [1.29, 1.82) is 0 Å². The molecule has 1 unspecified atom stereocenters. The zero-order valence-electron chi connectivity index (χ0n) is 20.5. The first-order valence-corrected chi connectivity index (χ1v) is 11.7. The standard InChI is InChI=1S/C27H30N6O2/c1-16-11-17(12-21(24(16)28)27(34)33-10-9-19(15-33)32(2)3)18-13-22-25(30-31-26(22)29-14-18)20-7-5-6-8-23(20)35-4/h5-8,11-14,19H,9-10,15,28H2,1-4H3,(H,29,30,31). The second-order valence-corrected chi connectivity index (χ2v) is 9.31. The van der Waals surface area contributed by atoms with Crippen LogP contribution in [0.5, 0.6) is 5.75 Å². The number of nitrogens with one attached hydrogen (secondary N) is 1. The molecular weight excluding hydrogens is 440 g/mol. The average molecular weight is 471 g/mol. The maximum absolute atomic E-state index is 13.4. The maximum atomic E-state index is 13.4. The molecule has 8 nitrogen and oxygen atoms in total. The van der Waals surface area contributed by atoms with Crippen molar-refractivity contribution in [2.45, 2.75) is 19.4 Å². The number of hydrogen-bond donors (Lipinski definition) is 2. The van der Waals surface area contributed by atoms with Crippen LogP contribution in [-0.2, 0) is 0 Å². The number of likely N-dealkylation sites (N-methyl/N-ethyl adjacent to an activating group) is 1. The summed E-state index contributed by atoms with van der Waals surface area (Å²) in [5.41, 5.74) is 12.5. The number of aryl methyl sites for hydroxylation is 1. The molecule has 1 aliphatic rings. The number of carbonyl (C=O) groups excluding carboxylic acids is 1. The number of H-pyrrole nitrogens is 1. The van der Waals surface area contributed by atoms with E-state index in [1.54, 1.807) is 13.3 Å². The fourth-order valence-electron chi connectivity index (χ4n) is 4.77. The first-order chi connectivity index (χ1) is 16.9. The smallest absolute Gasteiger partial charge is 0.256 e. The third kappa shape index (κ3) is 4.10. The van der Waals surface area contributed by atoms with Gasteiger partial charge in [-0.3, -0.25) is 9.89 Å². The van der Waals surface area contributed by atoms with Gasteiger partial charge in [-0.1, -0.05) is 12.1 Å². The van der Waals surface area contributed by atoms with Crippen molar-refractivity contribution < 1.29 is 9.53 Å². The SMILES string of the molecule is COc1ccccc1-c1[nH]nc2ncc(-c3cc(C)c(N)c(C(=O)N4CCC(N(C)C)C4)c3)cc12. The summed E-state index contributed by atoms with van der Waals surface area (Å²) in [7, 11) is 5.75. The zero-order chi connectivity index (χ0) is 24.7. The summed E-state index contributed by atoms with van der Waals surface area (Å²) in [6.45, 7) is 3.38. The first-order valence-electron chi connectivity index (χ1n) is 11.7. The van der Waals surface area contributed by atoms with Gasteiger partial charge in [0.05, 0.1) is 18.4 Å². The van der Waals surface area contributed by atoms with E-state index in [2.05, 4.69) is 34.2 Å². The van der Waals surface area contributed by atoms with Crippen LogP contribution < -0.4 is 10.5 Å². The van der Waals surface area contributed by atoms with E-state index >= 15 is 0 Å². The van der Waals surface area contributed by atoms with Crippen LogP contribution in [0, 0.1) is 6.92 Å². The molecule has 2 aromatic carbocycles. The predicted octanol–water partition coefficient (Wildman–Crippen LogP) is 3.97. The van der Waals surface area contributed by atoms with E-state index in [0.717, 1.165) is 52.0 Å². The summed E-state index contributed by atoms with van der Waals surface area (Å²) in [5, 5.41) is 8.36. The van der Waals surface area contributed by atoms with Gasteiger partial charge in [0.2, 0.25) is 0 Å². The number of ether oxygens (including phenoxy) is 1. The molecule has 5 rings (SSSR count). The third-order valence-electron chi connectivity index (χ3n) is 6.92. The minimum atomic E-state index is -0.0242. The van der Waals surface area contributed by atoms with Gasteiger partial charge in [-0.05, 0) is 68.9 Å². The van der Waals surface area contributed by atoms with E-state index in [-0.39, 0.29) is 5.91 Å². The number of pyridine rings is 1. The van der Waals surface area contributed by atoms with Gasteiger partial charge in [0, 0.05) is 47.5 Å². The van der Waals surface area contributed by atoms with Gasteiger partial charge in [-0.2, -0.15) is 5.10 Å². The van der Waals surface area contributed by atoms with Crippen LogP contribution in [0.15, 0.2) is 48.7 Å². The highest BCUT2D eigenvalue weighted by Crippen LogP contribution is 2.35. The Kier molecular flexibility index (Phi) is 5.90. The van der Waals surface area contributed by atoms with E-state index < -0.39 is 0 Å². The van der Waals surface area contributed by atoms with Gasteiger partial charge in [0.15, 0.2) is 5.65 Å². The van der Waals surface area contributed by atoms with Crippen LogP contribution in [0.3, 0.4) is 0 Å². The van der Waals surface area contributed by atoms with Crippen molar-refractivity contribution in [3.05, 3.63) is 59.8 Å². The Labute approximate surface area is 204 Å². The Morgan fingerprint density at radius 3 is 2.74 bits per heavy atom. The van der Waals surface area contributed by atoms with E-state index in [1.165, 1.54) is 0 Å². The van der Waals surface area contributed by atoms with E-state index in [4.69, 9.17) is 10.5 Å². The van der Waals surface area contributed by atoms with E-state index in [1.807, 2.05) is 54.3 Å². The first kappa shape index (κ1) is 22.9. The summed E-state index contributed by atoms with van der Waals surface area (Å²) < 4.78 is 5.55. The number of hydrogen-bond acceptors (Lipinski definition) is 6. The van der Waals surface area contributed by atoms with Gasteiger partial charge < -0.3 is 20.3 Å². The number of nitrogens with two attached hydrogens (primary N) is 1. The number of likely N-dealkylation sites (tertiary alicyclic amines) is 1. The van der Waals surface area contributed by atoms with Crippen LogP contribution in [-0.4, -0.2) is 71.2 Å². The molecule has 2 aromatic heterocycles. The highest BCUT2D eigenvalue weighted by molar-refractivity contribution is 6.02. The molecule has 1 fully saturated rings. The molecule has 0 bridgehead atoms. The molecule has 0 saturated carbocycles. The number of benzene rings is 2. The lowest BCUT2D eigenvalue weighted by Crippen LogP contribution is -2.34. The molecule has 3 N–H and O–H groups in total. The second-order valence-electron chi connectivity index (χ2n) is 9.31. The highest BCUT2D eigenvalue weighted by atomic mass is 16.5. The summed E-state index contributed by atoms with van der Waals surface area (Å²) in [6, 6.07) is 14.1. The topological polar surface area (TPSA) is 100 Å². The lowest BCUT2D eigenvalue weighted by Gasteiger charge is -2.21. The summed E-state index contributed by atoms with van der Waals surface area (Å²) >= 11 is 0. The van der Waals surface area contributed by atoms with Gasteiger partial charge in [0.25, 0.3) is 5.91 Å². The molecule has 1 amide bonds. The highest BCUT2D eigenvalue weighted by Gasteiger charge is 2.29. The molecule has 4 aromatic rings. The molecule has 1 aliphatic heterocycles. The Balaban J connectivity index is 1.55. The molecule has 1 saturated heterocycles. The molecular formula is C27H30N6O2. The van der Waals surface area contributed by atoms with Crippen LogP contribution in [0.2, 0.25) is 0 Å². The van der Waals surface area contributed by atoms with Gasteiger partial charge in [0.1, 0.15) is 5.75 Å². The number of carbonyl (C=O) groups is 1. The number of aromatic amines is 1. The van der Waals surface area contributed by atoms with Crippen LogP contribution in [0.25, 0.3) is 33.4 Å². The fourth-order valence-corrected chi connectivity index (χ4v) is 4.77. The Hall–Kier alpha value is -3.91. The largest absolute Gasteiger partial charge is 0.496 e. The monoisotopic (exact) mass is 470 g/mol. The Morgan fingerprint density at radius 2 is 2.00 bits per heavy atom. The number of fused-ring (bicyclic) bond motifs is 1. The van der Waals surface area contributed by atoms with Crippen molar-refractivity contribution in [1.82, 2.24) is 25.0 Å². The molecule has 3 heterocycles. The number of para-hydroxylation sites is 1. The summed E-state index contributed by atoms with van der Waals surface area (Å²) in [4.78, 5) is 22.1. The fraction of sp³-hybridized carbons (Fsp3) is 0.296. The number of amides is 1. The Bertz CT molecular complexity index is 1410. The zero-order valence-corrected chi connectivity index (χ0v) is 20.5. The molecule has 1 atom stereocenters. The van der Waals surface area contributed by atoms with E-state index in [0.29, 0.717) is 29.5 Å². The molecule has 35 heavy (non-hydrogen) atoms. The molecule has 8 heteroatoms. The lowest BCUT2D eigenvalue weighted by molar-refractivity contribution is 0.0784. The minimum Gasteiger partial charge on any atom is -0.496 e. The Morgan fingerprint density at radius 1 is 1.20 bits per heavy atom. The number of nitrogen functional groups attached to an aromatic ring is 1. The number of aromatic nitrogens is 3. The second kappa shape index (κ2) is 9.03. The van der Waals surface area contributed by atoms with Gasteiger partial charge in [-0.15, -0.1) is 0 Å². The number of rotatable bonds is 5. The van der Waals surface area contributed by atoms with Crippen LogP contribution >= 0.6 is 0 Å². The third-order valence-corrected chi connectivity index (χ3v) is 6.92. The molecule has 0 radical (unpaired) electrons. The number of nitrogens with zero attached hydrogens (tertiary/aromatic N) is 4. The van der Waals surface area contributed by atoms with Gasteiger partial charge in [-0.25, -0.2) is 4.98 Å². The van der Waals surface area contributed by atoms with Crippen molar-refractivity contribution in [3.8, 4) is 28.1 Å². The summed E-state index contributed by atoms with van der Waals surface area (Å²) in [5.74, 6) is 0.727. The predicted molar refractivity (Wildman–Crippen MR) is 138 cm³/mol. The van der Waals surface area contributed by atoms with Crippen molar-refractivity contribution in [3.63, 3.8) is 0 Å².